The van der Waals surface area contributed by atoms with Gasteiger partial charge in [-0.3, -0.25) is 0 Å². The molecule has 0 saturated heterocycles. The van der Waals surface area contributed by atoms with E-state index < -0.39 is 33.1 Å². The van der Waals surface area contributed by atoms with Gasteiger partial charge in [0.15, 0.2) is 9.84 Å². The lowest BCUT2D eigenvalue weighted by Gasteiger charge is -2.15. The number of halogens is 3. The van der Waals surface area contributed by atoms with Gasteiger partial charge in [0.05, 0.1) is 22.8 Å². The van der Waals surface area contributed by atoms with Crippen LogP contribution < -0.4 is 15.4 Å². The molecule has 34 heavy (non-hydrogen) atoms. The topological polar surface area (TPSA) is 88.9 Å². The molecular weight excluding hydrogens is 471 g/mol. The molecule has 7 nitrogen and oxygen atoms in total. The molecule has 11 heteroatoms. The summed E-state index contributed by atoms with van der Waals surface area (Å²) in [6, 6.07) is 7.36. The molecule has 0 spiro atoms. The molecule has 4 rings (SSSR count). The largest absolute Gasteiger partial charge is 0.491 e. The lowest BCUT2D eigenvalue weighted by molar-refractivity contribution is -0.137. The molecule has 2 fully saturated rings. The average molecular weight is 494 g/mol. The second kappa shape index (κ2) is 8.83. The third-order valence-electron chi connectivity index (χ3n) is 5.70. The van der Waals surface area contributed by atoms with Crippen molar-refractivity contribution in [3.63, 3.8) is 0 Å². The third-order valence-corrected chi connectivity index (χ3v) is 7.59. The standard InChI is InChI=1S/C23H22F3N3O4S/c1-27-22(9-10-22)14-34(31,32)18-7-8-20(33-13-15-5-6-15)19(12-18)29-21(30)28-17-4-2-3-16(11-17)23(24,25)26/h2-4,7-8,11-12,15H,5-6,9-10,13-14H2,(H2,28,29,30). The Morgan fingerprint density at radius 3 is 2.50 bits per heavy atom. The summed E-state index contributed by atoms with van der Waals surface area (Å²) >= 11 is 0. The molecule has 2 aromatic carbocycles. The first-order valence-electron chi connectivity index (χ1n) is 10.6. The number of urea groups is 1. The van der Waals surface area contributed by atoms with Gasteiger partial charge in [-0.15, -0.1) is 0 Å². The Morgan fingerprint density at radius 1 is 1.15 bits per heavy atom. The number of rotatable bonds is 8. The zero-order chi connectivity index (χ0) is 24.6. The number of carbonyl (C=O) groups excluding carboxylic acids is 1. The maximum absolute atomic E-state index is 12.9. The number of sulfone groups is 1. The summed E-state index contributed by atoms with van der Waals surface area (Å²) in [6.45, 7) is 7.64. The number of ether oxygens (including phenoxy) is 1. The minimum absolute atomic E-state index is 0.0684. The van der Waals surface area contributed by atoms with E-state index in [1.54, 1.807) is 0 Å². The number of nitrogens with zero attached hydrogens (tertiary/aromatic N) is 1. The first kappa shape index (κ1) is 23.9. The van der Waals surface area contributed by atoms with Gasteiger partial charge in [-0.05, 0) is 55.2 Å². The summed E-state index contributed by atoms with van der Waals surface area (Å²) in [4.78, 5) is 15.9. The lowest BCUT2D eigenvalue weighted by atomic mass is 10.2. The van der Waals surface area contributed by atoms with Gasteiger partial charge in [0.1, 0.15) is 11.5 Å². The molecule has 0 atom stereocenters. The minimum atomic E-state index is -4.56. The van der Waals surface area contributed by atoms with Crippen molar-refractivity contribution in [3.8, 4) is 5.75 Å². The molecule has 0 heterocycles. The molecule has 180 valence electrons. The van der Waals surface area contributed by atoms with E-state index in [1.807, 2.05) is 0 Å². The van der Waals surface area contributed by atoms with E-state index in [4.69, 9.17) is 11.3 Å². The predicted octanol–water partition coefficient (Wildman–Crippen LogP) is 5.36. The third kappa shape index (κ3) is 5.80. The Kier molecular flexibility index (Phi) is 6.20. The average Bonchev–Trinajstić information content (AvgIpc) is 3.69. The Balaban J connectivity index is 1.55. The van der Waals surface area contributed by atoms with Gasteiger partial charge in [-0.2, -0.15) is 13.2 Å². The molecule has 2 saturated carbocycles. The van der Waals surface area contributed by atoms with Gasteiger partial charge in [0, 0.05) is 18.5 Å². The van der Waals surface area contributed by atoms with Crippen molar-refractivity contribution in [1.82, 2.24) is 0 Å². The Bertz CT molecular complexity index is 1250. The maximum Gasteiger partial charge on any atom is 0.416 e. The predicted molar refractivity (Wildman–Crippen MR) is 119 cm³/mol. The normalized spacial score (nSPS) is 16.9. The number of alkyl halides is 3. The maximum atomic E-state index is 12.9. The molecule has 0 aromatic heterocycles. The molecule has 0 bridgehead atoms. The Morgan fingerprint density at radius 2 is 1.88 bits per heavy atom. The minimum Gasteiger partial charge on any atom is -0.491 e. The van der Waals surface area contributed by atoms with Crippen LogP contribution in [-0.2, 0) is 16.0 Å². The van der Waals surface area contributed by atoms with Gasteiger partial charge in [0.25, 0.3) is 0 Å². The van der Waals surface area contributed by atoms with E-state index >= 15 is 0 Å². The zero-order valence-corrected chi connectivity index (χ0v) is 18.8. The highest BCUT2D eigenvalue weighted by atomic mass is 32.2. The molecule has 2 amide bonds. The van der Waals surface area contributed by atoms with E-state index in [0.29, 0.717) is 25.4 Å². The van der Waals surface area contributed by atoms with Crippen LogP contribution in [0.25, 0.3) is 4.85 Å². The highest BCUT2D eigenvalue weighted by Gasteiger charge is 2.54. The lowest BCUT2D eigenvalue weighted by Crippen LogP contribution is -2.22. The van der Waals surface area contributed by atoms with Crippen molar-refractivity contribution in [3.05, 3.63) is 59.4 Å². The van der Waals surface area contributed by atoms with Crippen molar-refractivity contribution < 1.29 is 31.1 Å². The highest BCUT2D eigenvalue weighted by molar-refractivity contribution is 7.91. The number of hydrogen-bond donors (Lipinski definition) is 2. The van der Waals surface area contributed by atoms with Crippen LogP contribution in [-0.4, -0.2) is 32.3 Å². The van der Waals surface area contributed by atoms with Crippen LogP contribution in [0.15, 0.2) is 47.4 Å². The quantitative estimate of drug-likeness (QED) is 0.485. The fourth-order valence-corrected chi connectivity index (χ4v) is 5.15. The van der Waals surface area contributed by atoms with E-state index in [9.17, 15) is 26.4 Å². The van der Waals surface area contributed by atoms with E-state index in [0.717, 1.165) is 25.0 Å². The molecule has 0 aliphatic heterocycles. The first-order valence-corrected chi connectivity index (χ1v) is 12.3. The van der Waals surface area contributed by atoms with Crippen molar-refractivity contribution in [1.29, 1.82) is 0 Å². The Hall–Kier alpha value is -3.26. The summed E-state index contributed by atoms with van der Waals surface area (Å²) < 4.78 is 70.3. The van der Waals surface area contributed by atoms with Crippen LogP contribution in [0.3, 0.4) is 0 Å². The van der Waals surface area contributed by atoms with Crippen molar-refractivity contribution in [2.45, 2.75) is 42.3 Å². The second-order valence-electron chi connectivity index (χ2n) is 8.67. The number of amides is 2. The SMILES string of the molecule is [C-]#[N+]C1(CS(=O)(=O)c2ccc(OCC3CC3)c(NC(=O)Nc3cccc(C(F)(F)F)c3)c2)CC1. The summed E-state index contributed by atoms with van der Waals surface area (Å²) in [5.74, 6) is 0.321. The van der Waals surface area contributed by atoms with Gasteiger partial charge in [-0.1, -0.05) is 6.07 Å². The number of hydrogen-bond acceptors (Lipinski definition) is 4. The smallest absolute Gasteiger partial charge is 0.416 e. The van der Waals surface area contributed by atoms with Crippen molar-refractivity contribution >= 4 is 27.2 Å². The molecule has 2 aliphatic rings. The number of nitrogens with one attached hydrogen (secondary N) is 2. The number of anilines is 2. The number of carbonyl (C=O) groups is 1. The van der Waals surface area contributed by atoms with Crippen LogP contribution in [0.4, 0.5) is 29.3 Å². The molecule has 2 aromatic rings. The number of benzene rings is 2. The van der Waals surface area contributed by atoms with Crippen LogP contribution >= 0.6 is 0 Å². The zero-order valence-electron chi connectivity index (χ0n) is 18.0. The van der Waals surface area contributed by atoms with E-state index in [1.165, 1.54) is 30.3 Å². The molecular formula is C23H22F3N3O4S. The molecule has 2 aliphatic carbocycles. The van der Waals surface area contributed by atoms with Crippen LogP contribution in [0.1, 0.15) is 31.2 Å². The highest BCUT2D eigenvalue weighted by Crippen LogP contribution is 2.42. The van der Waals surface area contributed by atoms with Crippen LogP contribution in [0.5, 0.6) is 5.75 Å². The summed E-state index contributed by atoms with van der Waals surface area (Å²) in [5.41, 5.74) is -1.82. The molecule has 0 unspecified atom stereocenters. The summed E-state index contributed by atoms with van der Waals surface area (Å²) in [7, 11) is -3.81. The summed E-state index contributed by atoms with van der Waals surface area (Å²) in [6.07, 6.45) is -1.50. The molecule has 0 radical (unpaired) electrons. The van der Waals surface area contributed by atoms with Gasteiger partial charge >= 0.3 is 12.2 Å². The van der Waals surface area contributed by atoms with Crippen molar-refractivity contribution in [2.24, 2.45) is 5.92 Å². The molecule has 2 N–H and O–H groups in total. The van der Waals surface area contributed by atoms with Gasteiger partial charge < -0.3 is 20.2 Å². The van der Waals surface area contributed by atoms with Crippen molar-refractivity contribution in [2.75, 3.05) is 23.0 Å². The second-order valence-corrected chi connectivity index (χ2v) is 10.7. The van der Waals surface area contributed by atoms with Crippen LogP contribution in [0, 0.1) is 12.5 Å². The fraction of sp³-hybridized carbons (Fsp3) is 0.391. The monoisotopic (exact) mass is 493 g/mol. The summed E-state index contributed by atoms with van der Waals surface area (Å²) in [5, 5.41) is 4.81. The Labute approximate surface area is 195 Å². The van der Waals surface area contributed by atoms with Gasteiger partial charge in [0.2, 0.25) is 5.54 Å². The van der Waals surface area contributed by atoms with Gasteiger partial charge in [-0.25, -0.2) is 19.8 Å². The fourth-order valence-electron chi connectivity index (χ4n) is 3.35. The first-order chi connectivity index (χ1) is 16.0. The van der Waals surface area contributed by atoms with E-state index in [2.05, 4.69) is 15.5 Å². The van der Waals surface area contributed by atoms with E-state index in [-0.39, 0.29) is 27.8 Å². The van der Waals surface area contributed by atoms with Crippen LogP contribution in [0.2, 0.25) is 0 Å².